The number of rotatable bonds is 3. The van der Waals surface area contributed by atoms with Crippen LogP contribution in [0.3, 0.4) is 0 Å². The Morgan fingerprint density at radius 2 is 0.966 bits per heavy atom. The number of hydrogen-bond donors (Lipinski definition) is 0. The van der Waals surface area contributed by atoms with Gasteiger partial charge in [-0.05, 0) is 44.6 Å². The van der Waals surface area contributed by atoms with E-state index in [1.165, 1.54) is 32.6 Å². The molecule has 0 aliphatic heterocycles. The van der Waals surface area contributed by atoms with Gasteiger partial charge in [0.05, 0.1) is 0 Å². The van der Waals surface area contributed by atoms with E-state index >= 15 is 0 Å². The minimum absolute atomic E-state index is 0. The number of allylic oxidation sites excluding steroid dienone is 4. The second-order valence-corrected chi connectivity index (χ2v) is 9.90. The van der Waals surface area contributed by atoms with Crippen molar-refractivity contribution in [1.82, 2.24) is 0 Å². The summed E-state index contributed by atoms with van der Waals surface area (Å²) in [5, 5.41) is 4.23. The Morgan fingerprint density at radius 3 is 1.17 bits per heavy atom. The zero-order chi connectivity index (χ0) is 19.9. The Hall–Kier alpha value is -1.46. The van der Waals surface area contributed by atoms with Crippen LogP contribution in [0.2, 0.25) is 0 Å². The summed E-state index contributed by atoms with van der Waals surface area (Å²) in [6.07, 6.45) is 7.04. The van der Waals surface area contributed by atoms with Crippen molar-refractivity contribution >= 4 is 23.8 Å². The zero-order valence-corrected chi connectivity index (χ0v) is 20.5. The van der Waals surface area contributed by atoms with Gasteiger partial charge in [0.1, 0.15) is 0 Å². The van der Waals surface area contributed by atoms with E-state index in [0.29, 0.717) is 0 Å². The van der Waals surface area contributed by atoms with Gasteiger partial charge in [-0.1, -0.05) is 89.5 Å². The predicted molar refractivity (Wildman–Crippen MR) is 121 cm³/mol. The summed E-state index contributed by atoms with van der Waals surface area (Å²) in [5.41, 5.74) is 3.93. The molecule has 1 aliphatic carbocycles. The Balaban J connectivity index is 0.000000369. The molecule has 0 spiro atoms. The van der Waals surface area contributed by atoms with Gasteiger partial charge < -0.3 is 17.0 Å². The van der Waals surface area contributed by atoms with Gasteiger partial charge in [-0.3, -0.25) is 0 Å². The molecule has 0 amide bonds. The van der Waals surface area contributed by atoms with Crippen molar-refractivity contribution in [2.75, 3.05) is 0 Å². The molecule has 0 atom stereocenters. The Bertz CT molecular complexity index is 847. The molecule has 0 unspecified atom stereocenters. The summed E-state index contributed by atoms with van der Waals surface area (Å²) in [6, 6.07) is 27.0. The monoisotopic (exact) mass is 506 g/mol. The number of hydrogen-bond acceptors (Lipinski definition) is 0. The first-order valence-corrected chi connectivity index (χ1v) is 11.3. The molecule has 0 nitrogen and oxygen atoms in total. The van der Waals surface area contributed by atoms with E-state index in [2.05, 4.69) is 115 Å². The Morgan fingerprint density at radius 1 is 0.621 bits per heavy atom. The molecule has 0 heterocycles. The van der Waals surface area contributed by atoms with Crippen LogP contribution in [0.4, 0.5) is 0 Å². The van der Waals surface area contributed by atoms with E-state index in [4.69, 9.17) is 0 Å². The molecule has 0 radical (unpaired) electrons. The summed E-state index contributed by atoms with van der Waals surface area (Å²) >= 11 is 4.53. The fourth-order valence-electron chi connectivity index (χ4n) is 2.94. The van der Waals surface area contributed by atoms with Crippen LogP contribution in [0.15, 0.2) is 95.6 Å². The zero-order valence-electron chi connectivity index (χ0n) is 17.0. The summed E-state index contributed by atoms with van der Waals surface area (Å²) in [7, 11) is -0.483. The molecule has 0 bridgehead atoms. The topological polar surface area (TPSA) is 0 Å². The second kappa shape index (κ2) is 11.7. The molecule has 3 aromatic rings. The summed E-state index contributed by atoms with van der Waals surface area (Å²) in [4.78, 5) is 0. The molecule has 29 heavy (non-hydrogen) atoms. The average Bonchev–Trinajstić information content (AvgIpc) is 3.18. The molecule has 3 heteroatoms. The van der Waals surface area contributed by atoms with E-state index in [0.717, 1.165) is 11.0 Å². The third-order valence-electron chi connectivity index (χ3n) is 4.58. The molecular formula is C26H26BrNiP. The summed E-state index contributed by atoms with van der Waals surface area (Å²) in [5.74, 6) is 0. The summed E-state index contributed by atoms with van der Waals surface area (Å²) < 4.78 is 1.09. The van der Waals surface area contributed by atoms with Gasteiger partial charge in [0, 0.05) is 0 Å². The van der Waals surface area contributed by atoms with Crippen LogP contribution < -0.4 is 32.9 Å². The van der Waals surface area contributed by atoms with Gasteiger partial charge in [-0.15, -0.1) is 0 Å². The van der Waals surface area contributed by atoms with Gasteiger partial charge in [0.25, 0.3) is 0 Å². The minimum atomic E-state index is -0.483. The first-order valence-electron chi connectivity index (χ1n) is 9.51. The molecule has 0 fully saturated rings. The van der Waals surface area contributed by atoms with Crippen molar-refractivity contribution in [3.05, 3.63) is 112 Å². The molecular weight excluding hydrogens is 482 g/mol. The fourth-order valence-corrected chi connectivity index (χ4v) is 5.38. The van der Waals surface area contributed by atoms with Crippen molar-refractivity contribution in [2.24, 2.45) is 0 Å². The van der Waals surface area contributed by atoms with Crippen molar-refractivity contribution in [2.45, 2.75) is 27.2 Å². The van der Waals surface area contributed by atoms with Crippen molar-refractivity contribution < 1.29 is 32.4 Å². The molecule has 152 valence electrons. The van der Waals surface area contributed by atoms with E-state index in [1.54, 1.807) is 0 Å². The maximum atomic E-state index is 4.53. The number of benzene rings is 3. The summed E-state index contributed by atoms with van der Waals surface area (Å²) in [6.45, 7) is 6.43. The van der Waals surface area contributed by atoms with Gasteiger partial charge in [0.15, 0.2) is 0 Å². The quantitative estimate of drug-likeness (QED) is 0.378. The number of aryl methyl sites for hydroxylation is 3. The first-order chi connectivity index (χ1) is 13.5. The van der Waals surface area contributed by atoms with E-state index in [1.807, 2.05) is 12.2 Å². The van der Waals surface area contributed by atoms with Crippen molar-refractivity contribution in [3.63, 3.8) is 0 Å². The van der Waals surface area contributed by atoms with Gasteiger partial charge in [-0.25, -0.2) is 0 Å². The van der Waals surface area contributed by atoms with Gasteiger partial charge in [0.2, 0.25) is 0 Å². The third-order valence-corrected chi connectivity index (χ3v) is 7.39. The maximum absolute atomic E-state index is 4.53. The normalized spacial score (nSPS) is 12.1. The molecule has 3 aromatic carbocycles. The van der Waals surface area contributed by atoms with Crippen LogP contribution in [-0.4, -0.2) is 0 Å². The van der Waals surface area contributed by atoms with Crippen molar-refractivity contribution in [1.29, 1.82) is 0 Å². The van der Waals surface area contributed by atoms with Crippen LogP contribution >= 0.6 is 7.92 Å². The van der Waals surface area contributed by atoms with E-state index < -0.39 is 7.92 Å². The molecule has 0 saturated heterocycles. The second-order valence-electron chi connectivity index (χ2n) is 7.05. The van der Waals surface area contributed by atoms with Crippen LogP contribution in [0.5, 0.6) is 0 Å². The van der Waals surface area contributed by atoms with Crippen LogP contribution in [-0.2, 0) is 15.5 Å². The third kappa shape index (κ3) is 7.07. The van der Waals surface area contributed by atoms with Crippen LogP contribution in [0, 0.1) is 20.8 Å². The molecule has 0 N–H and O–H groups in total. The van der Waals surface area contributed by atoms with E-state index in [9.17, 15) is 0 Å². The molecule has 0 saturated carbocycles. The number of halogens is 1. The van der Waals surface area contributed by atoms with Gasteiger partial charge >= 0.3 is 44.7 Å². The Kier molecular flexibility index (Phi) is 9.58. The van der Waals surface area contributed by atoms with Crippen LogP contribution in [0.25, 0.3) is 0 Å². The molecule has 1 aliphatic rings. The molecule has 0 aromatic heterocycles. The fraction of sp³-hybridized carbons (Fsp3) is 0.154. The molecule has 4 rings (SSSR count). The van der Waals surface area contributed by atoms with Crippen LogP contribution in [0.1, 0.15) is 23.1 Å². The SMILES string of the molecule is Cc1ccc(P(c2ccc(C)cc2)c2ccc(C)cc2)cc1.[Br-].[Ni+][C]1=CC=CC1. The van der Waals surface area contributed by atoms with Crippen molar-refractivity contribution in [3.8, 4) is 0 Å². The van der Waals surface area contributed by atoms with E-state index in [-0.39, 0.29) is 17.0 Å². The first kappa shape index (κ1) is 23.8. The Labute approximate surface area is 195 Å². The average molecular weight is 508 g/mol. The van der Waals surface area contributed by atoms with Gasteiger partial charge in [-0.2, -0.15) is 0 Å². The predicted octanol–water partition coefficient (Wildman–Crippen LogP) is 2.75. The standard InChI is InChI=1S/C21H21P.C5H5.BrH.Ni/c1-16-4-10-19(11-5-16)22(20-12-6-17(2)7-13-20)21-14-8-18(3)9-15-21;1-2-4-5-3-1;;/h4-15H,1-3H3;1-3H,4H2;1H;/q;;;+1/p-1.